The monoisotopic (exact) mass is 918 g/mol. The van der Waals surface area contributed by atoms with Crippen molar-refractivity contribution >= 4 is 66.0 Å². The van der Waals surface area contributed by atoms with E-state index >= 15 is 0 Å². The number of unbranched alkanes of at least 4 members (excludes halogenated alkanes) is 2. The average molecular weight is 921 g/mol. The van der Waals surface area contributed by atoms with Gasteiger partial charge < -0.3 is 9.80 Å². The second-order valence-electron chi connectivity index (χ2n) is 18.3. The first-order chi connectivity index (χ1) is 29.1. The molecule has 0 atom stereocenters. The number of nitrogens with zero attached hydrogens (tertiary/aromatic N) is 2. The predicted octanol–water partition coefficient (Wildman–Crippen LogP) is 17.6. The predicted molar refractivity (Wildman–Crippen MR) is 264 cm³/mol. The number of halogens is 2. The van der Waals surface area contributed by atoms with E-state index in [1.54, 1.807) is 11.1 Å². The average Bonchev–Trinajstić information content (AvgIpc) is 3.82. The maximum Gasteiger partial charge on any atom is 0.0520 e. The van der Waals surface area contributed by atoms with Gasteiger partial charge in [-0.25, -0.2) is 0 Å². The van der Waals surface area contributed by atoms with E-state index in [1.807, 2.05) is 0 Å². The number of benzene rings is 6. The first-order valence-corrected chi connectivity index (χ1v) is 24.3. The van der Waals surface area contributed by atoms with Crippen LogP contribution in [0.2, 0.25) is 0 Å². The Hall–Kier alpha value is -4.12. The maximum atomic E-state index is 3.73. The second-order valence-corrected chi connectivity index (χ2v) is 20.1. The van der Waals surface area contributed by atoms with Crippen molar-refractivity contribution < 1.29 is 0 Å². The number of hydrogen-bond donors (Lipinski definition) is 0. The zero-order chi connectivity index (χ0) is 41.8. The first kappa shape index (κ1) is 41.2. The lowest BCUT2D eigenvalue weighted by molar-refractivity contribution is 0.299. The summed E-state index contributed by atoms with van der Waals surface area (Å²) in [7, 11) is 0. The van der Waals surface area contributed by atoms with Gasteiger partial charge in [0.05, 0.1) is 11.4 Å². The summed E-state index contributed by atoms with van der Waals surface area (Å²) >= 11 is 7.46. The van der Waals surface area contributed by atoms with Crippen LogP contribution in [0.25, 0.3) is 11.1 Å². The van der Waals surface area contributed by atoms with Gasteiger partial charge in [0, 0.05) is 42.5 Å². The van der Waals surface area contributed by atoms with Gasteiger partial charge >= 0.3 is 0 Å². The van der Waals surface area contributed by atoms with E-state index in [1.165, 1.54) is 143 Å². The van der Waals surface area contributed by atoms with E-state index in [-0.39, 0.29) is 10.8 Å². The highest BCUT2D eigenvalue weighted by Crippen LogP contribution is 2.70. The van der Waals surface area contributed by atoms with E-state index in [2.05, 4.69) is 192 Å². The smallest absolute Gasteiger partial charge is 0.0520 e. The Labute approximate surface area is 376 Å². The van der Waals surface area contributed by atoms with Gasteiger partial charge in [-0.1, -0.05) is 108 Å². The van der Waals surface area contributed by atoms with Crippen LogP contribution >= 0.6 is 31.9 Å². The minimum absolute atomic E-state index is 0.124. The summed E-state index contributed by atoms with van der Waals surface area (Å²) in [5.41, 5.74) is 22.0. The fourth-order valence-corrected chi connectivity index (χ4v) is 12.6. The number of hydrogen-bond acceptors (Lipinski definition) is 2. The van der Waals surface area contributed by atoms with Crippen LogP contribution in [0.3, 0.4) is 0 Å². The van der Waals surface area contributed by atoms with Crippen molar-refractivity contribution in [3.63, 3.8) is 0 Å². The van der Waals surface area contributed by atoms with Crippen LogP contribution in [0.1, 0.15) is 123 Å². The molecule has 0 heterocycles. The third kappa shape index (κ3) is 6.98. The van der Waals surface area contributed by atoms with E-state index in [0.717, 1.165) is 21.8 Å². The topological polar surface area (TPSA) is 6.48 Å². The van der Waals surface area contributed by atoms with Crippen LogP contribution in [-0.2, 0) is 23.7 Å². The fraction of sp³-hybridized carbons (Fsp3) is 0.357. The van der Waals surface area contributed by atoms with Crippen molar-refractivity contribution in [2.75, 3.05) is 9.80 Å². The van der Waals surface area contributed by atoms with Crippen LogP contribution in [0.4, 0.5) is 34.1 Å². The normalized spacial score (nSPS) is 18.8. The molecule has 308 valence electrons. The van der Waals surface area contributed by atoms with Gasteiger partial charge in [-0.05, 0) is 207 Å². The Morgan fingerprint density at radius 1 is 0.450 bits per heavy atom. The lowest BCUT2D eigenvalue weighted by atomic mass is 9.55. The lowest BCUT2D eigenvalue weighted by Gasteiger charge is -2.48. The summed E-state index contributed by atoms with van der Waals surface area (Å²) in [5, 5.41) is 0. The van der Waals surface area contributed by atoms with Gasteiger partial charge in [0.1, 0.15) is 0 Å². The molecule has 6 aromatic rings. The van der Waals surface area contributed by atoms with Crippen LogP contribution in [0, 0.1) is 27.7 Å². The molecule has 0 aromatic heterocycles. The third-order valence-electron chi connectivity index (χ3n) is 14.5. The summed E-state index contributed by atoms with van der Waals surface area (Å²) in [6, 6.07) is 42.7. The van der Waals surface area contributed by atoms with Crippen molar-refractivity contribution in [3.05, 3.63) is 163 Å². The molecule has 60 heavy (non-hydrogen) atoms. The molecule has 6 aromatic carbocycles. The van der Waals surface area contributed by atoms with Crippen LogP contribution in [0.5, 0.6) is 0 Å². The molecule has 0 amide bonds. The summed E-state index contributed by atoms with van der Waals surface area (Å²) in [6.45, 7) is 13.8. The van der Waals surface area contributed by atoms with Gasteiger partial charge in [-0.3, -0.25) is 0 Å². The Balaban J connectivity index is 1.22. The van der Waals surface area contributed by atoms with Crippen molar-refractivity contribution in [1.82, 2.24) is 0 Å². The summed E-state index contributed by atoms with van der Waals surface area (Å²) < 4.78 is 2.20. The number of fused-ring (bicyclic) bond motifs is 3. The van der Waals surface area contributed by atoms with Crippen molar-refractivity contribution in [3.8, 4) is 11.1 Å². The quantitative estimate of drug-likeness (QED) is 0.121. The van der Waals surface area contributed by atoms with Crippen LogP contribution in [-0.4, -0.2) is 0 Å². The maximum absolute atomic E-state index is 3.73. The van der Waals surface area contributed by atoms with Gasteiger partial charge in [0.15, 0.2) is 0 Å². The molecule has 3 aliphatic rings. The zero-order valence-corrected chi connectivity index (χ0v) is 39.7. The largest absolute Gasteiger partial charge is 0.310 e. The second kappa shape index (κ2) is 16.6. The van der Waals surface area contributed by atoms with Crippen LogP contribution in [0.15, 0.2) is 118 Å². The molecule has 0 unspecified atom stereocenters. The van der Waals surface area contributed by atoms with E-state index < -0.39 is 0 Å². The highest BCUT2D eigenvalue weighted by Gasteiger charge is 2.62. The van der Waals surface area contributed by atoms with Gasteiger partial charge in [-0.15, -0.1) is 0 Å². The summed E-state index contributed by atoms with van der Waals surface area (Å²) in [5.74, 6) is 0. The van der Waals surface area contributed by atoms with Crippen molar-refractivity contribution in [1.29, 1.82) is 0 Å². The molecule has 0 radical (unpaired) electrons. The highest BCUT2D eigenvalue weighted by atomic mass is 79.9. The third-order valence-corrected chi connectivity index (χ3v) is 15.6. The number of rotatable bonds is 12. The SMILES string of the molecule is CCCCc1cc(C)c(N(c2ccc(Br)cc2)c2ccc3c(c2)C24CCCC2(CCC4)c2cc(N(c4ccc(Br)cc4)c4c(C)cc(CCCC)cc4C)ccc2-3)c(C)c1. The molecular weight excluding hydrogens is 860 g/mol. The molecule has 4 heteroatoms. The Kier molecular flexibility index (Phi) is 11.4. The van der Waals surface area contributed by atoms with Crippen molar-refractivity contribution in [2.45, 2.75) is 129 Å². The molecule has 9 rings (SSSR count). The molecule has 2 nitrogen and oxygen atoms in total. The Morgan fingerprint density at radius 2 is 0.783 bits per heavy atom. The van der Waals surface area contributed by atoms with E-state index in [9.17, 15) is 0 Å². The van der Waals surface area contributed by atoms with Crippen LogP contribution < -0.4 is 9.80 Å². The molecule has 0 N–H and O–H groups in total. The van der Waals surface area contributed by atoms with Gasteiger partial charge in [-0.2, -0.15) is 0 Å². The Bertz CT molecular complexity index is 2320. The van der Waals surface area contributed by atoms with E-state index in [4.69, 9.17) is 0 Å². The van der Waals surface area contributed by atoms with Gasteiger partial charge in [0.2, 0.25) is 0 Å². The van der Waals surface area contributed by atoms with E-state index in [0.29, 0.717) is 0 Å². The van der Waals surface area contributed by atoms with Crippen molar-refractivity contribution in [2.24, 2.45) is 0 Å². The minimum Gasteiger partial charge on any atom is -0.310 e. The Morgan fingerprint density at radius 3 is 1.12 bits per heavy atom. The number of anilines is 6. The molecule has 2 fully saturated rings. The standard InChI is InChI=1S/C56H60Br2N2/c1-7-9-13-41-31-37(3)53(38(4)32-41)59(45-19-15-43(57)16-20-45)47-23-25-49-50-26-24-48(36-52(50)56-29-11-27-55(56,28-12-30-56)51(49)35-47)60(46-21-17-44(58)18-22-46)54-39(5)33-42(14-10-8-2)34-40(54)6/h15-26,31-36H,7-14,27-30H2,1-6H3. The lowest BCUT2D eigenvalue weighted by Crippen LogP contribution is -2.43. The zero-order valence-electron chi connectivity index (χ0n) is 36.5. The molecule has 3 aliphatic carbocycles. The van der Waals surface area contributed by atoms with Gasteiger partial charge in [0.25, 0.3) is 0 Å². The summed E-state index contributed by atoms with van der Waals surface area (Å²) in [4.78, 5) is 5.10. The fourth-order valence-electron chi connectivity index (χ4n) is 12.1. The molecule has 2 saturated carbocycles. The first-order valence-electron chi connectivity index (χ1n) is 22.7. The molecule has 0 saturated heterocycles. The molecular formula is C56H60Br2N2. The highest BCUT2D eigenvalue weighted by molar-refractivity contribution is 9.10. The molecule has 0 bridgehead atoms. The minimum atomic E-state index is 0.124. The summed E-state index contributed by atoms with van der Waals surface area (Å²) in [6.07, 6.45) is 14.7. The molecule has 0 spiro atoms. The molecule has 0 aliphatic heterocycles. The number of aryl methyl sites for hydroxylation is 6.